The van der Waals surface area contributed by atoms with Crippen LogP contribution in [0, 0.1) is 0 Å². The van der Waals surface area contributed by atoms with E-state index in [9.17, 15) is 0 Å². The Morgan fingerprint density at radius 1 is 0.900 bits per heavy atom. The van der Waals surface area contributed by atoms with E-state index in [-0.39, 0.29) is 5.38 Å². The van der Waals surface area contributed by atoms with Crippen LogP contribution in [0.4, 0.5) is 0 Å². The maximum atomic E-state index is 6.59. The van der Waals surface area contributed by atoms with Crippen LogP contribution in [0.1, 0.15) is 16.5 Å². The Morgan fingerprint density at radius 3 is 2.60 bits per heavy atom. The lowest BCUT2D eigenvalue weighted by atomic mass is 10.0. The summed E-state index contributed by atoms with van der Waals surface area (Å²) in [7, 11) is 0. The number of hydrogen-bond acceptors (Lipinski definition) is 1. The van der Waals surface area contributed by atoms with Gasteiger partial charge in [-0.15, -0.1) is 11.6 Å². The fraction of sp³-hybridized carbons (Fsp3) is 0.0588. The Hall–Kier alpha value is -1.77. The number of aromatic nitrogens is 1. The molecule has 2 aromatic carbocycles. The van der Waals surface area contributed by atoms with Gasteiger partial charge in [-0.1, -0.05) is 24.3 Å². The Balaban J connectivity index is 1.91. The molecule has 0 amide bonds. The minimum absolute atomic E-state index is 0.0840. The van der Waals surface area contributed by atoms with Crippen LogP contribution in [0.15, 0.2) is 59.3 Å². The number of alkyl halides is 1. The van der Waals surface area contributed by atoms with Crippen LogP contribution in [0.25, 0.3) is 21.8 Å². The monoisotopic (exact) mass is 297 g/mol. The van der Waals surface area contributed by atoms with E-state index in [4.69, 9.17) is 11.6 Å². The fourth-order valence-electron chi connectivity index (χ4n) is 2.64. The van der Waals surface area contributed by atoms with E-state index in [1.165, 1.54) is 16.3 Å². The Morgan fingerprint density at radius 2 is 1.75 bits per heavy atom. The number of H-pyrrole nitrogens is 1. The largest absolute Gasteiger partial charge is 0.355 e. The van der Waals surface area contributed by atoms with Gasteiger partial charge in [0.25, 0.3) is 0 Å². The Labute approximate surface area is 125 Å². The summed E-state index contributed by atoms with van der Waals surface area (Å²) in [6.45, 7) is 0. The van der Waals surface area contributed by atoms with Crippen LogP contribution < -0.4 is 0 Å². The SMILES string of the molecule is ClC(c1ccsc1)c1ccc2[nH]c3ccccc3c2c1. The number of nitrogens with one attached hydrogen (secondary N) is 1. The second kappa shape index (κ2) is 4.65. The number of rotatable bonds is 2. The molecule has 0 radical (unpaired) electrons. The summed E-state index contributed by atoms with van der Waals surface area (Å²) in [5.74, 6) is 0. The first kappa shape index (κ1) is 12.0. The molecular formula is C17H12ClNS. The van der Waals surface area contributed by atoms with E-state index in [0.29, 0.717) is 0 Å². The highest BCUT2D eigenvalue weighted by Crippen LogP contribution is 2.34. The van der Waals surface area contributed by atoms with Crippen LogP contribution in [0.3, 0.4) is 0 Å². The molecular weight excluding hydrogens is 286 g/mol. The summed E-state index contributed by atoms with van der Waals surface area (Å²) in [5, 5.41) is 6.57. The quantitative estimate of drug-likeness (QED) is 0.456. The molecule has 98 valence electrons. The molecule has 2 heterocycles. The van der Waals surface area contributed by atoms with Gasteiger partial charge in [0.05, 0.1) is 5.38 Å². The summed E-state index contributed by atoms with van der Waals surface area (Å²) >= 11 is 8.27. The molecule has 1 unspecified atom stereocenters. The van der Waals surface area contributed by atoms with Crippen molar-refractivity contribution in [1.82, 2.24) is 4.98 Å². The molecule has 0 saturated heterocycles. The number of fused-ring (bicyclic) bond motifs is 3. The van der Waals surface area contributed by atoms with Gasteiger partial charge < -0.3 is 4.98 Å². The van der Waals surface area contributed by atoms with Gasteiger partial charge in [-0.05, 0) is 46.2 Å². The Kier molecular flexibility index (Phi) is 2.79. The molecule has 0 spiro atoms. The van der Waals surface area contributed by atoms with Crippen LogP contribution in [-0.4, -0.2) is 4.98 Å². The molecule has 0 bridgehead atoms. The van der Waals surface area contributed by atoms with Gasteiger partial charge in [0, 0.05) is 21.8 Å². The van der Waals surface area contributed by atoms with E-state index in [1.54, 1.807) is 11.3 Å². The topological polar surface area (TPSA) is 15.8 Å². The van der Waals surface area contributed by atoms with Gasteiger partial charge in [0.2, 0.25) is 0 Å². The summed E-state index contributed by atoms with van der Waals surface area (Å²) in [6.07, 6.45) is 0. The number of halogens is 1. The van der Waals surface area contributed by atoms with Crippen molar-refractivity contribution in [3.63, 3.8) is 0 Å². The predicted molar refractivity (Wildman–Crippen MR) is 87.8 cm³/mol. The standard InChI is InChI=1S/C17H12ClNS/c18-17(12-7-8-20-10-12)11-5-6-16-14(9-11)13-3-1-2-4-15(13)19-16/h1-10,17,19H. The first-order valence-corrected chi connectivity index (χ1v) is 7.87. The third kappa shape index (κ3) is 1.84. The van der Waals surface area contributed by atoms with Crippen molar-refractivity contribution in [1.29, 1.82) is 0 Å². The molecule has 1 N–H and O–H groups in total. The van der Waals surface area contributed by atoms with Crippen LogP contribution in [0.5, 0.6) is 0 Å². The lowest BCUT2D eigenvalue weighted by molar-refractivity contribution is 1.16. The molecule has 0 aliphatic heterocycles. The zero-order valence-corrected chi connectivity index (χ0v) is 12.2. The first-order valence-electron chi connectivity index (χ1n) is 6.49. The van der Waals surface area contributed by atoms with Crippen molar-refractivity contribution < 1.29 is 0 Å². The summed E-state index contributed by atoms with van der Waals surface area (Å²) in [4.78, 5) is 3.44. The van der Waals surface area contributed by atoms with Gasteiger partial charge in [0.15, 0.2) is 0 Å². The maximum Gasteiger partial charge on any atom is 0.0843 e. The highest BCUT2D eigenvalue weighted by Gasteiger charge is 2.13. The molecule has 4 rings (SSSR count). The zero-order chi connectivity index (χ0) is 13.5. The summed E-state index contributed by atoms with van der Waals surface area (Å²) in [5.41, 5.74) is 4.63. The average molecular weight is 298 g/mol. The average Bonchev–Trinajstić information content (AvgIpc) is 3.13. The molecule has 2 aromatic heterocycles. The molecule has 0 aliphatic carbocycles. The van der Waals surface area contributed by atoms with E-state index in [0.717, 1.165) is 16.6 Å². The van der Waals surface area contributed by atoms with Crippen molar-refractivity contribution in [2.45, 2.75) is 5.38 Å². The third-order valence-corrected chi connectivity index (χ3v) is 4.86. The molecule has 1 atom stereocenters. The number of hydrogen-bond donors (Lipinski definition) is 1. The van der Waals surface area contributed by atoms with Gasteiger partial charge in [-0.3, -0.25) is 0 Å². The fourth-order valence-corrected chi connectivity index (χ4v) is 3.67. The summed E-state index contributed by atoms with van der Waals surface area (Å²) < 4.78 is 0. The van der Waals surface area contributed by atoms with Gasteiger partial charge in [-0.2, -0.15) is 11.3 Å². The van der Waals surface area contributed by atoms with E-state index in [1.807, 2.05) is 6.07 Å². The second-order valence-corrected chi connectivity index (χ2v) is 6.11. The predicted octanol–water partition coefficient (Wildman–Crippen LogP) is 5.71. The normalized spacial score (nSPS) is 13.1. The van der Waals surface area contributed by atoms with Crippen molar-refractivity contribution in [2.75, 3.05) is 0 Å². The van der Waals surface area contributed by atoms with E-state index >= 15 is 0 Å². The lowest BCUT2D eigenvalue weighted by Crippen LogP contribution is -1.90. The smallest absolute Gasteiger partial charge is 0.0843 e. The van der Waals surface area contributed by atoms with Crippen LogP contribution >= 0.6 is 22.9 Å². The van der Waals surface area contributed by atoms with Gasteiger partial charge in [0.1, 0.15) is 0 Å². The molecule has 20 heavy (non-hydrogen) atoms. The first-order chi connectivity index (χ1) is 9.83. The van der Waals surface area contributed by atoms with Crippen LogP contribution in [-0.2, 0) is 0 Å². The molecule has 0 saturated carbocycles. The lowest BCUT2D eigenvalue weighted by Gasteiger charge is -2.08. The molecule has 3 heteroatoms. The minimum Gasteiger partial charge on any atom is -0.355 e. The minimum atomic E-state index is -0.0840. The number of aromatic amines is 1. The third-order valence-electron chi connectivity index (χ3n) is 3.66. The van der Waals surface area contributed by atoms with Gasteiger partial charge in [-0.25, -0.2) is 0 Å². The Bertz CT molecular complexity index is 876. The van der Waals surface area contributed by atoms with E-state index in [2.05, 4.69) is 58.2 Å². The summed E-state index contributed by atoms with van der Waals surface area (Å²) in [6, 6.07) is 16.9. The molecule has 4 aromatic rings. The molecule has 0 fully saturated rings. The molecule has 1 nitrogen and oxygen atoms in total. The maximum absolute atomic E-state index is 6.59. The number of para-hydroxylation sites is 1. The molecule has 0 aliphatic rings. The van der Waals surface area contributed by atoms with Gasteiger partial charge >= 0.3 is 0 Å². The van der Waals surface area contributed by atoms with E-state index < -0.39 is 0 Å². The highest BCUT2D eigenvalue weighted by molar-refractivity contribution is 7.08. The van der Waals surface area contributed by atoms with Crippen molar-refractivity contribution in [2.24, 2.45) is 0 Å². The second-order valence-electron chi connectivity index (χ2n) is 4.89. The van der Waals surface area contributed by atoms with Crippen molar-refractivity contribution in [3.05, 3.63) is 70.4 Å². The number of benzene rings is 2. The van der Waals surface area contributed by atoms with Crippen molar-refractivity contribution >= 4 is 44.7 Å². The number of thiophene rings is 1. The van der Waals surface area contributed by atoms with Crippen LogP contribution in [0.2, 0.25) is 0 Å². The highest BCUT2D eigenvalue weighted by atomic mass is 35.5. The van der Waals surface area contributed by atoms with Crippen molar-refractivity contribution in [3.8, 4) is 0 Å². The zero-order valence-electron chi connectivity index (χ0n) is 10.6.